The molecule has 1 heterocycles. The van der Waals surface area contributed by atoms with Gasteiger partial charge in [-0.1, -0.05) is 15.9 Å². The summed E-state index contributed by atoms with van der Waals surface area (Å²) in [4.78, 5) is 14.0. The van der Waals surface area contributed by atoms with Crippen molar-refractivity contribution in [1.29, 1.82) is 0 Å². The van der Waals surface area contributed by atoms with Gasteiger partial charge in [0.25, 0.3) is 5.91 Å². The summed E-state index contributed by atoms with van der Waals surface area (Å²) in [5.41, 5.74) is 4.82. The Morgan fingerprint density at radius 2 is 2.14 bits per heavy atom. The van der Waals surface area contributed by atoms with Crippen molar-refractivity contribution < 1.29 is 18.0 Å². The molecule has 0 bridgehead atoms. The Labute approximate surface area is 129 Å². The van der Waals surface area contributed by atoms with E-state index in [1.165, 1.54) is 12.1 Å². The first kappa shape index (κ1) is 16.3. The third-order valence-electron chi connectivity index (χ3n) is 3.77. The number of hydrogen-bond donors (Lipinski definition) is 1. The van der Waals surface area contributed by atoms with Crippen LogP contribution in [-0.4, -0.2) is 29.9 Å². The van der Waals surface area contributed by atoms with Crippen LogP contribution in [0.2, 0.25) is 0 Å². The highest BCUT2D eigenvalue weighted by Crippen LogP contribution is 2.36. The number of alkyl halides is 3. The lowest BCUT2D eigenvalue weighted by atomic mass is 10.1. The van der Waals surface area contributed by atoms with Crippen LogP contribution in [0, 0.1) is 5.92 Å². The van der Waals surface area contributed by atoms with Crippen molar-refractivity contribution in [2.24, 2.45) is 11.7 Å². The van der Waals surface area contributed by atoms with Crippen molar-refractivity contribution >= 4 is 21.8 Å². The maximum Gasteiger partial charge on any atom is 0.417 e. The van der Waals surface area contributed by atoms with E-state index < -0.39 is 11.7 Å². The quantitative estimate of drug-likeness (QED) is 0.875. The van der Waals surface area contributed by atoms with Gasteiger partial charge in [-0.05, 0) is 44.0 Å². The minimum Gasteiger partial charge on any atom is -0.336 e. The summed E-state index contributed by atoms with van der Waals surface area (Å²) < 4.78 is 38.6. The molecule has 0 aromatic heterocycles. The first-order valence-corrected chi connectivity index (χ1v) is 7.41. The molecule has 2 unspecified atom stereocenters. The van der Waals surface area contributed by atoms with Gasteiger partial charge in [0.1, 0.15) is 0 Å². The smallest absolute Gasteiger partial charge is 0.336 e. The van der Waals surface area contributed by atoms with Crippen molar-refractivity contribution in [3.63, 3.8) is 0 Å². The average Bonchev–Trinajstić information content (AvgIpc) is 2.78. The Morgan fingerprint density at radius 1 is 1.48 bits per heavy atom. The van der Waals surface area contributed by atoms with E-state index in [0.717, 1.165) is 12.5 Å². The maximum absolute atomic E-state index is 12.9. The number of likely N-dealkylation sites (tertiary alicyclic amines) is 1. The first-order valence-electron chi connectivity index (χ1n) is 6.61. The first-order chi connectivity index (χ1) is 9.74. The van der Waals surface area contributed by atoms with Crippen LogP contribution in [0.1, 0.15) is 29.3 Å². The molecule has 1 aromatic rings. The number of benzene rings is 1. The van der Waals surface area contributed by atoms with Crippen LogP contribution < -0.4 is 5.73 Å². The topological polar surface area (TPSA) is 46.3 Å². The molecule has 3 nitrogen and oxygen atoms in total. The van der Waals surface area contributed by atoms with Crippen LogP contribution in [0.15, 0.2) is 22.7 Å². The molecule has 1 aliphatic heterocycles. The molecule has 21 heavy (non-hydrogen) atoms. The molecule has 1 aromatic carbocycles. The zero-order valence-corrected chi connectivity index (χ0v) is 13.0. The zero-order valence-electron chi connectivity index (χ0n) is 11.5. The summed E-state index contributed by atoms with van der Waals surface area (Å²) >= 11 is 2.87. The molecule has 2 rings (SSSR count). The lowest BCUT2D eigenvalue weighted by Gasteiger charge is -2.22. The summed E-state index contributed by atoms with van der Waals surface area (Å²) in [6, 6.07) is 3.56. The highest BCUT2D eigenvalue weighted by molar-refractivity contribution is 9.10. The van der Waals surface area contributed by atoms with Gasteiger partial charge in [-0.3, -0.25) is 4.79 Å². The number of rotatable bonds is 2. The second-order valence-electron chi connectivity index (χ2n) is 5.34. The van der Waals surface area contributed by atoms with Crippen LogP contribution in [0.25, 0.3) is 0 Å². The number of nitrogens with two attached hydrogens (primary N) is 1. The van der Waals surface area contributed by atoms with Crippen LogP contribution in [0.3, 0.4) is 0 Å². The van der Waals surface area contributed by atoms with Gasteiger partial charge in [0.05, 0.1) is 5.56 Å². The van der Waals surface area contributed by atoms with Gasteiger partial charge >= 0.3 is 6.18 Å². The Bertz CT molecular complexity index is 548. The van der Waals surface area contributed by atoms with Gasteiger partial charge in [0.15, 0.2) is 0 Å². The molecular weight excluding hydrogens is 349 g/mol. The summed E-state index contributed by atoms with van der Waals surface area (Å²) in [6.07, 6.45) is -3.71. The maximum atomic E-state index is 12.9. The van der Waals surface area contributed by atoms with E-state index in [1.807, 2.05) is 6.92 Å². The van der Waals surface area contributed by atoms with Crippen LogP contribution in [-0.2, 0) is 6.18 Å². The molecule has 7 heteroatoms. The lowest BCUT2D eigenvalue weighted by Crippen LogP contribution is -2.34. The zero-order chi connectivity index (χ0) is 15.8. The molecule has 0 radical (unpaired) electrons. The van der Waals surface area contributed by atoms with Gasteiger partial charge in [0, 0.05) is 22.6 Å². The molecule has 0 aliphatic carbocycles. The third-order valence-corrected chi connectivity index (χ3v) is 4.47. The molecule has 2 atom stereocenters. The molecule has 1 amide bonds. The molecule has 1 fully saturated rings. The Kier molecular flexibility index (Phi) is 4.63. The fourth-order valence-electron chi connectivity index (χ4n) is 2.64. The molecule has 2 N–H and O–H groups in total. The largest absolute Gasteiger partial charge is 0.417 e. The Balaban J connectivity index is 2.28. The SMILES string of the molecule is CC1CC(CN)CN1C(=O)c1ccc(Br)c(C(F)(F)F)c1. The monoisotopic (exact) mass is 364 g/mol. The summed E-state index contributed by atoms with van der Waals surface area (Å²) in [5.74, 6) is -0.169. The van der Waals surface area contributed by atoms with Crippen molar-refractivity contribution in [1.82, 2.24) is 4.90 Å². The summed E-state index contributed by atoms with van der Waals surface area (Å²) in [7, 11) is 0. The number of hydrogen-bond acceptors (Lipinski definition) is 2. The number of carbonyl (C=O) groups is 1. The second-order valence-corrected chi connectivity index (χ2v) is 6.19. The van der Waals surface area contributed by atoms with Gasteiger partial charge in [-0.15, -0.1) is 0 Å². The van der Waals surface area contributed by atoms with E-state index in [1.54, 1.807) is 4.90 Å². The van der Waals surface area contributed by atoms with Crippen molar-refractivity contribution in [3.8, 4) is 0 Å². The highest BCUT2D eigenvalue weighted by atomic mass is 79.9. The number of carbonyl (C=O) groups excluding carboxylic acids is 1. The third kappa shape index (κ3) is 3.40. The highest BCUT2D eigenvalue weighted by Gasteiger charge is 2.36. The van der Waals surface area contributed by atoms with Crippen molar-refractivity contribution in [3.05, 3.63) is 33.8 Å². The number of halogens is 4. The Morgan fingerprint density at radius 3 is 2.67 bits per heavy atom. The normalized spacial score (nSPS) is 22.7. The van der Waals surface area contributed by atoms with Crippen LogP contribution in [0.5, 0.6) is 0 Å². The van der Waals surface area contributed by atoms with E-state index in [4.69, 9.17) is 5.73 Å². The predicted octanol–water partition coefficient (Wildman–Crippen LogP) is 3.28. The second kappa shape index (κ2) is 5.96. The van der Waals surface area contributed by atoms with E-state index in [9.17, 15) is 18.0 Å². The Hall–Kier alpha value is -1.08. The average molecular weight is 365 g/mol. The molecular formula is C14H16BrF3N2O. The fourth-order valence-corrected chi connectivity index (χ4v) is 3.11. The number of amides is 1. The van der Waals surface area contributed by atoms with E-state index in [2.05, 4.69) is 15.9 Å². The van der Waals surface area contributed by atoms with Crippen molar-refractivity contribution in [2.75, 3.05) is 13.1 Å². The molecule has 116 valence electrons. The minimum absolute atomic E-state index is 0.0102. The molecule has 0 saturated carbocycles. The minimum atomic E-state index is -4.49. The van der Waals surface area contributed by atoms with Gasteiger partial charge in [-0.25, -0.2) is 0 Å². The van der Waals surface area contributed by atoms with E-state index >= 15 is 0 Å². The number of nitrogens with zero attached hydrogens (tertiary/aromatic N) is 1. The molecule has 0 spiro atoms. The summed E-state index contributed by atoms with van der Waals surface area (Å²) in [5, 5.41) is 0. The van der Waals surface area contributed by atoms with Gasteiger partial charge in [0.2, 0.25) is 0 Å². The van der Waals surface area contributed by atoms with E-state index in [0.29, 0.717) is 13.1 Å². The van der Waals surface area contributed by atoms with Crippen molar-refractivity contribution in [2.45, 2.75) is 25.6 Å². The molecule has 1 saturated heterocycles. The van der Waals surface area contributed by atoms with Gasteiger partial charge < -0.3 is 10.6 Å². The van der Waals surface area contributed by atoms with Gasteiger partial charge in [-0.2, -0.15) is 13.2 Å². The standard InChI is InChI=1S/C14H16BrF3N2O/c1-8-4-9(6-19)7-20(8)13(21)10-2-3-12(15)11(5-10)14(16,17)18/h2-3,5,8-9H,4,6-7,19H2,1H3. The fraction of sp³-hybridized carbons (Fsp3) is 0.500. The van der Waals surface area contributed by atoms with Crippen LogP contribution in [0.4, 0.5) is 13.2 Å². The van der Waals surface area contributed by atoms with E-state index in [-0.39, 0.29) is 27.9 Å². The molecule has 1 aliphatic rings. The van der Waals surface area contributed by atoms with Crippen LogP contribution >= 0.6 is 15.9 Å². The lowest BCUT2D eigenvalue weighted by molar-refractivity contribution is -0.138. The summed E-state index contributed by atoms with van der Waals surface area (Å²) in [6.45, 7) is 2.85. The predicted molar refractivity (Wildman–Crippen MR) is 76.8 cm³/mol.